The smallest absolute Gasteiger partial charge is 0.357 e. The van der Waals surface area contributed by atoms with Crippen LogP contribution in [0.2, 0.25) is 0 Å². The Morgan fingerprint density at radius 2 is 1.81 bits per heavy atom. The molecule has 3 aromatic rings. The van der Waals surface area contributed by atoms with E-state index in [9.17, 15) is 10.0 Å². The average Bonchev–Trinajstić information content (AvgIpc) is 2.50. The molecule has 0 bridgehead atoms. The van der Waals surface area contributed by atoms with Gasteiger partial charge in [-0.15, -0.1) is 4.73 Å². The molecule has 0 unspecified atom stereocenters. The Morgan fingerprint density at radius 1 is 1.14 bits per heavy atom. The van der Waals surface area contributed by atoms with E-state index in [2.05, 4.69) is 22.6 Å². The summed E-state index contributed by atoms with van der Waals surface area (Å²) in [5.41, 5.74) is 0.952. The second kappa shape index (κ2) is 5.36. The molecule has 1 heterocycles. The van der Waals surface area contributed by atoms with Crippen molar-refractivity contribution < 1.29 is 9.57 Å². The lowest BCUT2D eigenvalue weighted by Crippen LogP contribution is -2.42. The van der Waals surface area contributed by atoms with Crippen LogP contribution >= 0.6 is 22.6 Å². The molecule has 0 N–H and O–H groups in total. The maximum Gasteiger partial charge on any atom is 0.357 e. The molecule has 21 heavy (non-hydrogen) atoms. The van der Waals surface area contributed by atoms with Crippen molar-refractivity contribution in [2.24, 2.45) is 0 Å². The highest BCUT2D eigenvalue weighted by Crippen LogP contribution is 2.17. The number of hydrogen-bond donors (Lipinski definition) is 0. The summed E-state index contributed by atoms with van der Waals surface area (Å²) in [6.07, 6.45) is 0. The van der Waals surface area contributed by atoms with Crippen molar-refractivity contribution in [1.29, 1.82) is 0 Å². The van der Waals surface area contributed by atoms with Crippen molar-refractivity contribution in [3.63, 3.8) is 0 Å². The summed E-state index contributed by atoms with van der Waals surface area (Å²) in [6.45, 7) is 0. The maximum absolute atomic E-state index is 12.5. The predicted octanol–water partition coefficient (Wildman–Crippen LogP) is 1.96. The van der Waals surface area contributed by atoms with Crippen molar-refractivity contribution in [2.75, 3.05) is 7.11 Å². The minimum Gasteiger partial charge on any atom is -0.618 e. The molecule has 0 aliphatic carbocycles. The van der Waals surface area contributed by atoms with Gasteiger partial charge < -0.3 is 10.0 Å². The van der Waals surface area contributed by atoms with Gasteiger partial charge in [-0.25, -0.2) is 0 Å². The van der Waals surface area contributed by atoms with Crippen LogP contribution in [0.15, 0.2) is 53.3 Å². The van der Waals surface area contributed by atoms with Crippen molar-refractivity contribution in [1.82, 2.24) is 4.73 Å². The Balaban J connectivity index is 2.43. The van der Waals surface area contributed by atoms with Crippen LogP contribution in [0.3, 0.4) is 0 Å². The number of nitrogens with zero attached hydrogens (tertiary/aromatic N) is 2. The molecule has 2 aromatic carbocycles. The van der Waals surface area contributed by atoms with Gasteiger partial charge in [-0.05, 0) is 52.9 Å². The first-order valence-electron chi connectivity index (χ1n) is 6.21. The minimum absolute atomic E-state index is 0.0481. The third-order valence-corrected chi connectivity index (χ3v) is 3.93. The van der Waals surface area contributed by atoms with Gasteiger partial charge in [0.1, 0.15) is 7.11 Å². The zero-order chi connectivity index (χ0) is 15.0. The second-order valence-corrected chi connectivity index (χ2v) is 5.67. The van der Waals surface area contributed by atoms with E-state index in [1.54, 1.807) is 36.4 Å². The molecule has 0 amide bonds. The minimum atomic E-state index is -0.479. The number of aromatic nitrogens is 2. The molecule has 0 saturated carbocycles. The Morgan fingerprint density at radius 3 is 2.48 bits per heavy atom. The van der Waals surface area contributed by atoms with E-state index < -0.39 is 5.56 Å². The molecule has 1 aromatic heterocycles. The van der Waals surface area contributed by atoms with Crippen molar-refractivity contribution >= 4 is 33.6 Å². The van der Waals surface area contributed by atoms with Crippen LogP contribution in [0, 0.1) is 8.78 Å². The van der Waals surface area contributed by atoms with Crippen molar-refractivity contribution in [3.05, 3.63) is 67.7 Å². The summed E-state index contributed by atoms with van der Waals surface area (Å²) in [4.78, 5) is 17.7. The molecular weight excluding hydrogens is 383 g/mol. The highest BCUT2D eigenvalue weighted by Gasteiger charge is 2.22. The van der Waals surface area contributed by atoms with Crippen LogP contribution in [0.25, 0.3) is 22.3 Å². The molecule has 0 fully saturated rings. The van der Waals surface area contributed by atoms with Crippen molar-refractivity contribution in [2.45, 2.75) is 0 Å². The molecule has 6 heteroatoms. The Kier molecular flexibility index (Phi) is 3.54. The van der Waals surface area contributed by atoms with Crippen molar-refractivity contribution in [3.8, 4) is 11.3 Å². The quantitative estimate of drug-likeness (QED) is 0.380. The molecule has 106 valence electrons. The summed E-state index contributed by atoms with van der Waals surface area (Å²) in [6, 6.07) is 14.0. The van der Waals surface area contributed by atoms with E-state index >= 15 is 0 Å². The monoisotopic (exact) mass is 394 g/mol. The molecule has 3 rings (SSSR count). The largest absolute Gasteiger partial charge is 0.618 e. The fourth-order valence-corrected chi connectivity index (χ4v) is 2.61. The van der Waals surface area contributed by atoms with Gasteiger partial charge in [0.25, 0.3) is 5.69 Å². The van der Waals surface area contributed by atoms with Crippen LogP contribution in [-0.4, -0.2) is 11.8 Å². The molecule has 0 atom stereocenters. The Labute approximate surface area is 134 Å². The van der Waals surface area contributed by atoms with Gasteiger partial charge in [0, 0.05) is 9.64 Å². The average molecular weight is 394 g/mol. The molecule has 0 spiro atoms. The fourth-order valence-electron chi connectivity index (χ4n) is 2.25. The van der Waals surface area contributed by atoms with Crippen LogP contribution in [-0.2, 0) is 0 Å². The van der Waals surface area contributed by atoms with E-state index in [0.29, 0.717) is 21.3 Å². The lowest BCUT2D eigenvalue weighted by atomic mass is 10.1. The molecule has 0 radical (unpaired) electrons. The summed E-state index contributed by atoms with van der Waals surface area (Å²) in [5, 5.41) is 12.5. The second-order valence-electron chi connectivity index (χ2n) is 4.42. The van der Waals surface area contributed by atoms with Gasteiger partial charge in [-0.2, -0.15) is 4.73 Å². The highest BCUT2D eigenvalue weighted by molar-refractivity contribution is 14.1. The van der Waals surface area contributed by atoms with E-state index in [0.717, 1.165) is 8.30 Å². The zero-order valence-corrected chi connectivity index (χ0v) is 13.3. The normalized spacial score (nSPS) is 10.8. The molecule has 0 aliphatic rings. The third-order valence-electron chi connectivity index (χ3n) is 3.21. The maximum atomic E-state index is 12.5. The number of fused-ring (bicyclic) bond motifs is 1. The molecular formula is C15H11IN2O3. The summed E-state index contributed by atoms with van der Waals surface area (Å²) < 4.78 is 2.83. The van der Waals surface area contributed by atoms with Crippen LogP contribution in [0.4, 0.5) is 0 Å². The third kappa shape index (κ3) is 2.25. The van der Waals surface area contributed by atoms with Gasteiger partial charge in [0.2, 0.25) is 5.52 Å². The van der Waals surface area contributed by atoms with Gasteiger partial charge in [-0.3, -0.25) is 4.79 Å². The van der Waals surface area contributed by atoms with E-state index in [4.69, 9.17) is 4.84 Å². The Hall–Kier alpha value is -2.09. The first-order chi connectivity index (χ1) is 10.1. The van der Waals surface area contributed by atoms with E-state index in [-0.39, 0.29) is 5.69 Å². The number of benzene rings is 2. The first-order valence-corrected chi connectivity index (χ1v) is 7.29. The standard InChI is InChI=1S/C15H11IN2O3/c1-21-18-13-5-3-2-4-12(13)17(20)14(15(18)19)10-6-8-11(16)9-7-10/h2-9H,1H3. The highest BCUT2D eigenvalue weighted by atomic mass is 127. The molecule has 5 nitrogen and oxygen atoms in total. The van der Waals surface area contributed by atoms with Gasteiger partial charge in [-0.1, -0.05) is 12.1 Å². The Bertz CT molecular complexity index is 872. The topological polar surface area (TPSA) is 58.2 Å². The van der Waals surface area contributed by atoms with Crippen LogP contribution < -0.4 is 15.1 Å². The number of rotatable bonds is 2. The van der Waals surface area contributed by atoms with Crippen LogP contribution in [0.5, 0.6) is 0 Å². The van der Waals surface area contributed by atoms with Gasteiger partial charge >= 0.3 is 5.56 Å². The van der Waals surface area contributed by atoms with Crippen LogP contribution in [0.1, 0.15) is 0 Å². The van der Waals surface area contributed by atoms with E-state index in [1.807, 2.05) is 12.1 Å². The lowest BCUT2D eigenvalue weighted by molar-refractivity contribution is -0.566. The summed E-state index contributed by atoms with van der Waals surface area (Å²) in [7, 11) is 1.40. The lowest BCUT2D eigenvalue weighted by Gasteiger charge is -2.11. The summed E-state index contributed by atoms with van der Waals surface area (Å²) in [5.74, 6) is 0. The molecule has 0 aliphatic heterocycles. The first kappa shape index (κ1) is 13.9. The zero-order valence-electron chi connectivity index (χ0n) is 11.1. The van der Waals surface area contributed by atoms with E-state index in [1.165, 1.54) is 7.11 Å². The number of halogens is 1. The fraction of sp³-hybridized carbons (Fsp3) is 0.0667. The van der Waals surface area contributed by atoms with Gasteiger partial charge in [0.15, 0.2) is 5.52 Å². The SMILES string of the molecule is COn1c(=O)c(-c2ccc(I)cc2)[n+]([O-])c2ccccc21. The van der Waals surface area contributed by atoms with Gasteiger partial charge in [0.05, 0.1) is 5.56 Å². The summed E-state index contributed by atoms with van der Waals surface area (Å²) >= 11 is 2.17. The number of para-hydroxylation sites is 2. The predicted molar refractivity (Wildman–Crippen MR) is 87.8 cm³/mol. The molecule has 0 saturated heterocycles. The number of hydrogen-bond acceptors (Lipinski definition) is 3.